The molecule has 0 fully saturated rings. The van der Waals surface area contributed by atoms with Gasteiger partial charge in [-0.3, -0.25) is 4.99 Å². The Kier molecular flexibility index (Phi) is 6.26. The minimum absolute atomic E-state index is 0.186. The van der Waals surface area contributed by atoms with Crippen LogP contribution in [-0.2, 0) is 4.74 Å². The fraction of sp³-hybridized carbons (Fsp3) is 0.286. The second-order valence-electron chi connectivity index (χ2n) is 6.42. The van der Waals surface area contributed by atoms with Gasteiger partial charge in [0.05, 0.1) is 29.1 Å². The molecule has 0 aliphatic heterocycles. The van der Waals surface area contributed by atoms with Gasteiger partial charge in [0.2, 0.25) is 0 Å². The third-order valence-electron chi connectivity index (χ3n) is 4.46. The van der Waals surface area contributed by atoms with Gasteiger partial charge in [-0.15, -0.1) is 0 Å². The van der Waals surface area contributed by atoms with Gasteiger partial charge in [-0.05, 0) is 30.7 Å². The van der Waals surface area contributed by atoms with E-state index in [-0.39, 0.29) is 16.8 Å². The second kappa shape index (κ2) is 8.84. The summed E-state index contributed by atoms with van der Waals surface area (Å²) in [6, 6.07) is 9.20. The van der Waals surface area contributed by atoms with Gasteiger partial charge in [0.25, 0.3) is 0 Å². The molecule has 5 nitrogen and oxygen atoms in total. The summed E-state index contributed by atoms with van der Waals surface area (Å²) in [6.07, 6.45) is 2.22. The largest absolute Gasteiger partial charge is 0.494 e. The lowest BCUT2D eigenvalue weighted by atomic mass is 10.1. The lowest BCUT2D eigenvalue weighted by Gasteiger charge is -2.24. The molecule has 0 saturated heterocycles. The summed E-state index contributed by atoms with van der Waals surface area (Å²) in [5, 5.41) is 10.3. The molecule has 28 heavy (non-hydrogen) atoms. The van der Waals surface area contributed by atoms with Gasteiger partial charge in [0.1, 0.15) is 11.6 Å². The number of aromatic nitrogens is 1. The molecule has 148 valence electrons. The zero-order valence-corrected chi connectivity index (χ0v) is 15.9. The number of aromatic amines is 1. The lowest BCUT2D eigenvalue weighted by Crippen LogP contribution is -2.28. The summed E-state index contributed by atoms with van der Waals surface area (Å²) in [4.78, 5) is 8.84. The van der Waals surface area contributed by atoms with Gasteiger partial charge in [-0.1, -0.05) is 13.0 Å². The van der Waals surface area contributed by atoms with Crippen molar-refractivity contribution in [3.8, 4) is 5.88 Å². The summed E-state index contributed by atoms with van der Waals surface area (Å²) < 4.78 is 33.8. The van der Waals surface area contributed by atoms with E-state index < -0.39 is 11.6 Å². The zero-order valence-electron chi connectivity index (χ0n) is 15.9. The van der Waals surface area contributed by atoms with Crippen LogP contribution in [0.25, 0.3) is 10.9 Å². The fourth-order valence-corrected chi connectivity index (χ4v) is 3.14. The topological polar surface area (TPSA) is 60.9 Å². The number of nitrogens with one attached hydrogen (secondary N) is 1. The maximum absolute atomic E-state index is 14.6. The minimum atomic E-state index is -0.467. The Bertz CT molecular complexity index is 985. The highest BCUT2D eigenvalue weighted by atomic mass is 19.1. The van der Waals surface area contributed by atoms with E-state index in [2.05, 4.69) is 9.98 Å². The number of H-pyrrole nitrogens is 1. The Labute approximate surface area is 162 Å². The highest BCUT2D eigenvalue weighted by Crippen LogP contribution is 2.29. The Morgan fingerprint density at radius 3 is 2.71 bits per heavy atom. The van der Waals surface area contributed by atoms with Crippen molar-refractivity contribution >= 4 is 28.5 Å². The number of methoxy groups -OCH3 is 1. The summed E-state index contributed by atoms with van der Waals surface area (Å²) in [7, 11) is 1.61. The van der Waals surface area contributed by atoms with Crippen LogP contribution in [-0.4, -0.2) is 43.1 Å². The Morgan fingerprint density at radius 2 is 2.00 bits per heavy atom. The smallest absolute Gasteiger partial charge is 0.198 e. The molecule has 1 aromatic heterocycles. The molecule has 2 aromatic carbocycles. The first-order chi connectivity index (χ1) is 13.5. The van der Waals surface area contributed by atoms with Crippen LogP contribution in [0.2, 0.25) is 0 Å². The van der Waals surface area contributed by atoms with Crippen molar-refractivity contribution in [3.05, 3.63) is 53.6 Å². The first-order valence-electron chi connectivity index (χ1n) is 9.11. The molecule has 0 saturated carbocycles. The fourth-order valence-electron chi connectivity index (χ4n) is 3.14. The number of fused-ring (bicyclic) bond motifs is 1. The van der Waals surface area contributed by atoms with Crippen molar-refractivity contribution in [2.75, 3.05) is 31.7 Å². The minimum Gasteiger partial charge on any atom is -0.494 e. The molecule has 0 atom stereocenters. The van der Waals surface area contributed by atoms with Gasteiger partial charge in [0, 0.05) is 37.9 Å². The summed E-state index contributed by atoms with van der Waals surface area (Å²) in [5.74, 6) is -1.05. The molecule has 0 spiro atoms. The van der Waals surface area contributed by atoms with Crippen LogP contribution < -0.4 is 4.90 Å². The predicted octanol–water partition coefficient (Wildman–Crippen LogP) is 4.77. The molecule has 2 N–H and O–H groups in total. The molecule has 3 aromatic rings. The molecular weight excluding hydrogens is 364 g/mol. The molecule has 0 unspecified atom stereocenters. The number of aromatic hydroxyl groups is 1. The van der Waals surface area contributed by atoms with Gasteiger partial charge in [0.15, 0.2) is 5.88 Å². The first kappa shape index (κ1) is 19.8. The number of rotatable bonds is 8. The third kappa shape index (κ3) is 4.14. The van der Waals surface area contributed by atoms with E-state index in [0.29, 0.717) is 36.6 Å². The van der Waals surface area contributed by atoms with E-state index in [9.17, 15) is 13.9 Å². The highest BCUT2D eigenvalue weighted by molar-refractivity contribution is 6.02. The van der Waals surface area contributed by atoms with Crippen LogP contribution in [0.4, 0.5) is 20.2 Å². The average molecular weight is 387 g/mol. The van der Waals surface area contributed by atoms with Crippen LogP contribution >= 0.6 is 0 Å². The van der Waals surface area contributed by atoms with E-state index >= 15 is 0 Å². The zero-order chi connectivity index (χ0) is 20.1. The number of nitrogens with zero attached hydrogens (tertiary/aromatic N) is 2. The molecule has 0 aliphatic rings. The summed E-state index contributed by atoms with van der Waals surface area (Å²) in [5.41, 5.74) is 1.55. The molecule has 0 amide bonds. The maximum atomic E-state index is 14.6. The number of halogens is 2. The van der Waals surface area contributed by atoms with E-state index in [1.165, 1.54) is 18.3 Å². The Morgan fingerprint density at radius 1 is 1.18 bits per heavy atom. The van der Waals surface area contributed by atoms with Crippen LogP contribution in [0.1, 0.15) is 18.9 Å². The maximum Gasteiger partial charge on any atom is 0.198 e. The van der Waals surface area contributed by atoms with Crippen molar-refractivity contribution in [2.24, 2.45) is 4.99 Å². The standard InChI is InChI=1S/C21H23F2N3O2/c1-3-9-26(10-11-28-2)19-8-7-14(12-17(19)23)24-13-15-20-16(22)5-4-6-18(20)25-21(15)27/h4-8,12-13,25,27H,3,9-11H2,1-2H3. The van der Waals surface area contributed by atoms with Crippen molar-refractivity contribution in [1.29, 1.82) is 0 Å². The highest BCUT2D eigenvalue weighted by Gasteiger charge is 2.14. The van der Waals surface area contributed by atoms with Crippen LogP contribution in [0, 0.1) is 11.6 Å². The number of benzene rings is 2. The Balaban J connectivity index is 1.88. The number of aliphatic imine (C=N–C) groups is 1. The Hall–Kier alpha value is -2.93. The number of anilines is 1. The second-order valence-corrected chi connectivity index (χ2v) is 6.42. The normalized spacial score (nSPS) is 11.6. The monoisotopic (exact) mass is 387 g/mol. The van der Waals surface area contributed by atoms with Gasteiger partial charge in [-0.2, -0.15) is 0 Å². The SMILES string of the molecule is CCCN(CCOC)c1ccc(N=Cc2c(O)[nH]c3cccc(F)c23)cc1F. The van der Waals surface area contributed by atoms with E-state index in [1.807, 2.05) is 11.8 Å². The molecule has 3 rings (SSSR count). The molecule has 7 heteroatoms. The predicted molar refractivity (Wildman–Crippen MR) is 108 cm³/mol. The average Bonchev–Trinajstić information content (AvgIpc) is 3.00. The van der Waals surface area contributed by atoms with Gasteiger partial charge >= 0.3 is 0 Å². The van der Waals surface area contributed by atoms with Crippen molar-refractivity contribution < 1.29 is 18.6 Å². The van der Waals surface area contributed by atoms with E-state index in [0.717, 1.165) is 6.42 Å². The number of hydrogen-bond acceptors (Lipinski definition) is 4. The summed E-state index contributed by atoms with van der Waals surface area (Å²) >= 11 is 0. The van der Waals surface area contributed by atoms with E-state index in [1.54, 1.807) is 31.4 Å². The molecule has 0 radical (unpaired) electrons. The van der Waals surface area contributed by atoms with E-state index in [4.69, 9.17) is 4.74 Å². The summed E-state index contributed by atoms with van der Waals surface area (Å²) in [6.45, 7) is 3.84. The number of ether oxygens (including phenoxy) is 1. The van der Waals surface area contributed by atoms with Crippen LogP contribution in [0.5, 0.6) is 5.88 Å². The van der Waals surface area contributed by atoms with Crippen LogP contribution in [0.15, 0.2) is 41.4 Å². The quantitative estimate of drug-likeness (QED) is 0.548. The van der Waals surface area contributed by atoms with Crippen molar-refractivity contribution in [1.82, 2.24) is 4.98 Å². The van der Waals surface area contributed by atoms with Crippen molar-refractivity contribution in [3.63, 3.8) is 0 Å². The molecule has 0 bridgehead atoms. The molecule has 1 heterocycles. The van der Waals surface area contributed by atoms with Gasteiger partial charge < -0.3 is 19.7 Å². The third-order valence-corrected chi connectivity index (χ3v) is 4.46. The molecular formula is C21H23F2N3O2. The first-order valence-corrected chi connectivity index (χ1v) is 9.11. The van der Waals surface area contributed by atoms with Gasteiger partial charge in [-0.25, -0.2) is 8.78 Å². The lowest BCUT2D eigenvalue weighted by molar-refractivity contribution is 0.205. The van der Waals surface area contributed by atoms with Crippen molar-refractivity contribution in [2.45, 2.75) is 13.3 Å². The molecule has 0 aliphatic carbocycles. The number of hydrogen-bond donors (Lipinski definition) is 2. The van der Waals surface area contributed by atoms with Crippen LogP contribution in [0.3, 0.4) is 0 Å².